The Balaban J connectivity index is 2.92. The van der Waals surface area contributed by atoms with Crippen molar-refractivity contribution in [2.24, 2.45) is 0 Å². The molecule has 0 heterocycles. The molecule has 0 aliphatic rings. The van der Waals surface area contributed by atoms with Crippen LogP contribution in [0, 0.1) is 0 Å². The van der Waals surface area contributed by atoms with Crippen molar-refractivity contribution < 1.29 is 35.8 Å². The molecule has 0 unspecified atom stereocenters. The Morgan fingerprint density at radius 2 is 0.879 bits per heavy atom. The van der Waals surface area contributed by atoms with E-state index in [0.29, 0.717) is 24.3 Å². The van der Waals surface area contributed by atoms with Crippen LogP contribution < -0.4 is 20.9 Å². The number of alkyl halides is 6. The molecule has 0 atom stereocenters. The molecule has 0 saturated heterocycles. The third kappa shape index (κ3) is 5.42. The summed E-state index contributed by atoms with van der Waals surface area (Å²) in [7, 11) is 0. The van der Waals surface area contributed by atoms with Crippen molar-refractivity contribution in [3.05, 3.63) is 47.5 Å². The maximum absolute atomic E-state index is 14.5. The number of benzene rings is 2. The summed E-state index contributed by atoms with van der Waals surface area (Å²) in [5.41, 5.74) is 2.96. The van der Waals surface area contributed by atoms with Gasteiger partial charge in [-0.05, 0) is 76.9 Å². The lowest BCUT2D eigenvalue weighted by atomic mass is 9.72. The third-order valence-corrected chi connectivity index (χ3v) is 4.58. The molecule has 2 aromatic carbocycles. The topological polar surface area (TPSA) is 70.5 Å². The molecule has 0 aliphatic carbocycles. The molecule has 0 radical (unpaired) electrons. The second-order valence-corrected chi connectivity index (χ2v) is 9.68. The quantitative estimate of drug-likeness (QED) is 0.383. The van der Waals surface area contributed by atoms with Gasteiger partial charge in [0.1, 0.15) is 22.7 Å². The van der Waals surface area contributed by atoms with Crippen molar-refractivity contribution >= 4 is 11.4 Å². The Morgan fingerprint density at radius 1 is 0.576 bits per heavy atom. The van der Waals surface area contributed by atoms with E-state index in [2.05, 4.69) is 0 Å². The molecule has 0 aromatic heterocycles. The largest absolute Gasteiger partial charge is 0.486 e. The van der Waals surface area contributed by atoms with Crippen LogP contribution in [0.15, 0.2) is 36.4 Å². The first-order valence-corrected chi connectivity index (χ1v) is 10.0. The summed E-state index contributed by atoms with van der Waals surface area (Å²) in [6, 6.07) is 4.70. The van der Waals surface area contributed by atoms with E-state index >= 15 is 0 Å². The summed E-state index contributed by atoms with van der Waals surface area (Å²) in [5, 5.41) is 0. The first-order valence-electron chi connectivity index (χ1n) is 10.0. The molecule has 2 rings (SSSR count). The number of nitrogens with two attached hydrogens (primary N) is 2. The van der Waals surface area contributed by atoms with Gasteiger partial charge in [-0.15, -0.1) is 0 Å². The molecule has 0 bridgehead atoms. The number of ether oxygens (including phenoxy) is 2. The number of halogens is 6. The zero-order chi connectivity index (χ0) is 25.6. The predicted molar refractivity (Wildman–Crippen MR) is 115 cm³/mol. The van der Waals surface area contributed by atoms with Gasteiger partial charge in [0, 0.05) is 0 Å². The van der Waals surface area contributed by atoms with Gasteiger partial charge in [-0.25, -0.2) is 0 Å². The van der Waals surface area contributed by atoms with Gasteiger partial charge >= 0.3 is 12.4 Å². The number of nitrogen functional groups attached to an aromatic ring is 2. The monoisotopic (exact) mass is 478 g/mol. The van der Waals surface area contributed by atoms with Crippen LogP contribution in [0.5, 0.6) is 11.5 Å². The first-order chi connectivity index (χ1) is 14.7. The molecule has 4 nitrogen and oxygen atoms in total. The molecule has 10 heteroatoms. The van der Waals surface area contributed by atoms with E-state index < -0.39 is 40.1 Å². The van der Waals surface area contributed by atoms with Gasteiger partial charge in [0.25, 0.3) is 0 Å². The van der Waals surface area contributed by atoms with E-state index in [9.17, 15) is 26.3 Å². The van der Waals surface area contributed by atoms with Gasteiger partial charge in [-0.1, -0.05) is 12.1 Å². The highest BCUT2D eigenvalue weighted by Gasteiger charge is 2.72. The highest BCUT2D eigenvalue weighted by Crippen LogP contribution is 2.57. The molecule has 184 valence electrons. The lowest BCUT2D eigenvalue weighted by Gasteiger charge is -2.39. The molecule has 4 N–H and O–H groups in total. The Kier molecular flexibility index (Phi) is 6.59. The normalized spacial score (nSPS) is 13.7. The van der Waals surface area contributed by atoms with Gasteiger partial charge in [-0.2, -0.15) is 26.3 Å². The summed E-state index contributed by atoms with van der Waals surface area (Å²) < 4.78 is 98.2. The SMILES string of the molecule is CC(C)(C)Oc1cc(C(c2ccc(N)c(OC(C)(C)C)c2)(C(F)(F)F)C(F)(F)F)ccc1N. The summed E-state index contributed by atoms with van der Waals surface area (Å²) in [6.07, 6.45) is -11.6. The van der Waals surface area contributed by atoms with E-state index in [1.165, 1.54) is 0 Å². The highest BCUT2D eigenvalue weighted by molar-refractivity contribution is 5.61. The van der Waals surface area contributed by atoms with Crippen LogP contribution in [0.2, 0.25) is 0 Å². The van der Waals surface area contributed by atoms with Crippen LogP contribution in [0.1, 0.15) is 52.7 Å². The minimum atomic E-state index is -5.78. The Morgan fingerprint density at radius 3 is 1.12 bits per heavy atom. The summed E-state index contributed by atoms with van der Waals surface area (Å²) >= 11 is 0. The summed E-state index contributed by atoms with van der Waals surface area (Å²) in [6.45, 7) is 9.56. The van der Waals surface area contributed by atoms with Gasteiger partial charge in [0.15, 0.2) is 0 Å². The van der Waals surface area contributed by atoms with Gasteiger partial charge in [-0.3, -0.25) is 0 Å². The maximum Gasteiger partial charge on any atom is 0.411 e. The molecular weight excluding hydrogens is 450 g/mol. The van der Waals surface area contributed by atoms with E-state index in [1.54, 1.807) is 41.5 Å². The van der Waals surface area contributed by atoms with Crippen LogP contribution in [0.25, 0.3) is 0 Å². The summed E-state index contributed by atoms with van der Waals surface area (Å²) in [5.74, 6) is -0.584. The average Bonchev–Trinajstić information content (AvgIpc) is 2.56. The zero-order valence-electron chi connectivity index (χ0n) is 19.2. The fraction of sp³-hybridized carbons (Fsp3) is 0.478. The van der Waals surface area contributed by atoms with Crippen molar-refractivity contribution in [2.75, 3.05) is 11.5 Å². The van der Waals surface area contributed by atoms with E-state index in [1.807, 2.05) is 0 Å². The molecule has 33 heavy (non-hydrogen) atoms. The van der Waals surface area contributed by atoms with Crippen LogP contribution in [-0.4, -0.2) is 23.6 Å². The van der Waals surface area contributed by atoms with Crippen molar-refractivity contribution in [1.82, 2.24) is 0 Å². The molecule has 0 aliphatic heterocycles. The molecule has 0 spiro atoms. The fourth-order valence-electron chi connectivity index (χ4n) is 3.35. The smallest absolute Gasteiger partial charge is 0.411 e. The Labute approximate surface area is 188 Å². The zero-order valence-corrected chi connectivity index (χ0v) is 19.2. The third-order valence-electron chi connectivity index (χ3n) is 4.58. The minimum absolute atomic E-state index is 0.0963. The van der Waals surface area contributed by atoms with Crippen molar-refractivity contribution in [3.8, 4) is 11.5 Å². The second-order valence-electron chi connectivity index (χ2n) is 9.68. The number of hydrogen-bond acceptors (Lipinski definition) is 4. The van der Waals surface area contributed by atoms with Crippen LogP contribution in [0.4, 0.5) is 37.7 Å². The fourth-order valence-corrected chi connectivity index (χ4v) is 3.35. The van der Waals surface area contributed by atoms with Gasteiger partial charge in [0.05, 0.1) is 11.4 Å². The Bertz CT molecular complexity index is 920. The standard InChI is InChI=1S/C23H28F6N2O2/c1-19(2,3)32-17-11-13(7-9-15(17)30)21(22(24,25)26,23(27,28)29)14-8-10-16(31)18(12-14)33-20(4,5)6/h7-12H,30-31H2,1-6H3. The second kappa shape index (κ2) is 8.22. The lowest BCUT2D eigenvalue weighted by molar-refractivity contribution is -0.288. The van der Waals surface area contributed by atoms with Crippen molar-refractivity contribution in [3.63, 3.8) is 0 Å². The van der Waals surface area contributed by atoms with E-state index in [0.717, 1.165) is 12.1 Å². The maximum atomic E-state index is 14.5. The molecule has 2 aromatic rings. The average molecular weight is 478 g/mol. The predicted octanol–water partition coefficient (Wildman–Crippen LogP) is 6.62. The molecule has 0 saturated carbocycles. The number of hydrogen-bond donors (Lipinski definition) is 2. The van der Waals surface area contributed by atoms with Gasteiger partial charge < -0.3 is 20.9 Å². The van der Waals surface area contributed by atoms with E-state index in [-0.39, 0.29) is 22.9 Å². The minimum Gasteiger partial charge on any atom is -0.486 e. The number of rotatable bonds is 4. The van der Waals surface area contributed by atoms with Crippen molar-refractivity contribution in [2.45, 2.75) is 70.5 Å². The van der Waals surface area contributed by atoms with Crippen LogP contribution >= 0.6 is 0 Å². The highest BCUT2D eigenvalue weighted by atomic mass is 19.4. The molecule has 0 fully saturated rings. The molecular formula is C23H28F6N2O2. The lowest BCUT2D eigenvalue weighted by Crippen LogP contribution is -2.54. The summed E-state index contributed by atoms with van der Waals surface area (Å²) in [4.78, 5) is 0. The first kappa shape index (κ1) is 26.5. The van der Waals surface area contributed by atoms with Gasteiger partial charge in [0.2, 0.25) is 5.41 Å². The van der Waals surface area contributed by atoms with Crippen LogP contribution in [0.3, 0.4) is 0 Å². The Hall–Kier alpha value is -2.78. The van der Waals surface area contributed by atoms with Crippen LogP contribution in [-0.2, 0) is 5.41 Å². The molecule has 0 amide bonds. The van der Waals surface area contributed by atoms with E-state index in [4.69, 9.17) is 20.9 Å². The number of anilines is 2. The van der Waals surface area contributed by atoms with Crippen molar-refractivity contribution in [1.29, 1.82) is 0 Å².